The molecular weight excluding hydrogens is 223 g/mol. The fraction of sp³-hybridized carbons (Fsp3) is 0.750. The average Bonchev–Trinajstić information content (AvgIpc) is 2.04. The predicted octanol–water partition coefficient (Wildman–Crippen LogP) is 2.54. The van der Waals surface area contributed by atoms with Crippen molar-refractivity contribution in [2.24, 2.45) is 0 Å². The molecule has 72 valence electrons. The van der Waals surface area contributed by atoms with Gasteiger partial charge in [-0.1, -0.05) is 0 Å². The van der Waals surface area contributed by atoms with Gasteiger partial charge in [0.2, 0.25) is 0 Å². The Morgan fingerprint density at radius 1 is 1.17 bits per heavy atom. The minimum Gasteiger partial charge on any atom is -0.462 e. The Morgan fingerprint density at radius 2 is 1.58 bits per heavy atom. The first kappa shape index (κ1) is 12.3. The van der Waals surface area contributed by atoms with Crippen LogP contribution in [0.5, 0.6) is 0 Å². The molecular formula is C4H9O5PS2. The smallest absolute Gasteiger partial charge is 0.388 e. The first-order valence-corrected chi connectivity index (χ1v) is 7.14. The molecule has 0 radical (unpaired) electrons. The second kappa shape index (κ2) is 5.88. The number of methoxy groups -OCH3 is 1. The van der Waals surface area contributed by atoms with E-state index in [0.29, 0.717) is 23.3 Å². The lowest BCUT2D eigenvalue weighted by atomic mass is 11.5. The molecule has 0 aromatic rings. The maximum absolute atomic E-state index is 11.5. The molecule has 0 aliphatic rings. The van der Waals surface area contributed by atoms with Gasteiger partial charge in [0.1, 0.15) is 0 Å². The SMILES string of the molecule is COSP(=O)(SOC)C(=O)OC. The van der Waals surface area contributed by atoms with Gasteiger partial charge < -0.3 is 13.1 Å². The van der Waals surface area contributed by atoms with E-state index in [4.69, 9.17) is 0 Å². The lowest BCUT2D eigenvalue weighted by molar-refractivity contribution is 0.198. The predicted molar refractivity (Wildman–Crippen MR) is 49.2 cm³/mol. The van der Waals surface area contributed by atoms with Crippen molar-refractivity contribution in [1.82, 2.24) is 0 Å². The van der Waals surface area contributed by atoms with Crippen LogP contribution in [0.1, 0.15) is 0 Å². The second-order valence-corrected chi connectivity index (χ2v) is 8.45. The van der Waals surface area contributed by atoms with Gasteiger partial charge in [0.05, 0.1) is 44.7 Å². The molecule has 0 N–H and O–H groups in total. The summed E-state index contributed by atoms with van der Waals surface area (Å²) < 4.78 is 24.9. The number of hydrogen-bond acceptors (Lipinski definition) is 7. The van der Waals surface area contributed by atoms with E-state index >= 15 is 0 Å². The highest BCUT2D eigenvalue weighted by Crippen LogP contribution is 2.70. The topological polar surface area (TPSA) is 61.8 Å². The van der Waals surface area contributed by atoms with Crippen molar-refractivity contribution < 1.29 is 22.5 Å². The van der Waals surface area contributed by atoms with Crippen LogP contribution in [0, 0.1) is 0 Å². The quantitative estimate of drug-likeness (QED) is 0.533. The zero-order valence-corrected chi connectivity index (χ0v) is 9.33. The molecule has 0 fully saturated rings. The van der Waals surface area contributed by atoms with E-state index in [1.165, 1.54) is 14.2 Å². The standard InChI is InChI=1S/C4H9O5PS2/c1-7-4(5)10(6,11-8-2)12-9-3/h1-3H3. The maximum Gasteiger partial charge on any atom is 0.388 e. The van der Waals surface area contributed by atoms with Crippen LogP contribution in [0.25, 0.3) is 0 Å². The van der Waals surface area contributed by atoms with Gasteiger partial charge in [-0.25, -0.2) is 4.79 Å². The molecule has 5 nitrogen and oxygen atoms in total. The van der Waals surface area contributed by atoms with Crippen molar-refractivity contribution >= 4 is 34.6 Å². The summed E-state index contributed by atoms with van der Waals surface area (Å²) in [6.07, 6.45) is 0. The van der Waals surface area contributed by atoms with Gasteiger partial charge in [-0.05, 0) is 0 Å². The summed E-state index contributed by atoms with van der Waals surface area (Å²) in [5.41, 5.74) is -4.11. The van der Waals surface area contributed by atoms with E-state index < -0.39 is 11.3 Å². The minimum atomic E-state index is -3.28. The molecule has 12 heavy (non-hydrogen) atoms. The van der Waals surface area contributed by atoms with Gasteiger partial charge in [-0.2, -0.15) is 0 Å². The van der Waals surface area contributed by atoms with E-state index in [0.717, 1.165) is 7.11 Å². The summed E-state index contributed by atoms with van der Waals surface area (Å²) in [6.45, 7) is 0. The monoisotopic (exact) mass is 232 g/mol. The molecule has 0 aromatic heterocycles. The molecule has 0 rings (SSSR count). The lowest BCUT2D eigenvalue weighted by Gasteiger charge is -2.09. The van der Waals surface area contributed by atoms with Crippen LogP contribution >= 0.6 is 28.9 Å². The van der Waals surface area contributed by atoms with Crippen LogP contribution in [0.15, 0.2) is 0 Å². The van der Waals surface area contributed by atoms with E-state index in [-0.39, 0.29) is 0 Å². The Balaban J connectivity index is 4.38. The third kappa shape index (κ3) is 3.37. The molecule has 0 aliphatic carbocycles. The molecule has 0 amide bonds. The molecule has 0 spiro atoms. The third-order valence-electron chi connectivity index (χ3n) is 0.744. The van der Waals surface area contributed by atoms with Gasteiger partial charge in [0.15, 0.2) is 0 Å². The highest BCUT2D eigenvalue weighted by atomic mass is 33.1. The van der Waals surface area contributed by atoms with Gasteiger partial charge in [-0.3, -0.25) is 4.57 Å². The van der Waals surface area contributed by atoms with Gasteiger partial charge >= 0.3 is 11.3 Å². The molecule has 0 unspecified atom stereocenters. The van der Waals surface area contributed by atoms with E-state index in [2.05, 4.69) is 13.1 Å². The largest absolute Gasteiger partial charge is 0.462 e. The molecule has 0 aromatic carbocycles. The van der Waals surface area contributed by atoms with Crippen LogP contribution in [0.3, 0.4) is 0 Å². The Hall–Kier alpha value is 0.320. The molecule has 8 heteroatoms. The molecule has 0 atom stereocenters. The number of carbonyl (C=O) groups excluding carboxylic acids is 1. The molecule has 0 heterocycles. The van der Waals surface area contributed by atoms with Gasteiger partial charge in [-0.15, -0.1) is 0 Å². The fourth-order valence-electron chi connectivity index (χ4n) is 0.381. The Labute approximate surface area is 78.8 Å². The van der Waals surface area contributed by atoms with E-state index in [9.17, 15) is 9.36 Å². The fourth-order valence-corrected chi connectivity index (χ4v) is 4.53. The highest BCUT2D eigenvalue weighted by Gasteiger charge is 2.37. The summed E-state index contributed by atoms with van der Waals surface area (Å²) >= 11 is 1.11. The third-order valence-corrected chi connectivity index (χ3v) is 6.13. The van der Waals surface area contributed by atoms with E-state index in [1.807, 2.05) is 0 Å². The molecule has 0 saturated heterocycles. The van der Waals surface area contributed by atoms with Crippen molar-refractivity contribution in [2.75, 3.05) is 21.3 Å². The van der Waals surface area contributed by atoms with Crippen LogP contribution in [-0.2, 0) is 17.7 Å². The Bertz CT molecular complexity index is 186. The van der Waals surface area contributed by atoms with Crippen molar-refractivity contribution in [3.8, 4) is 0 Å². The average molecular weight is 232 g/mol. The van der Waals surface area contributed by atoms with Crippen molar-refractivity contribution in [2.45, 2.75) is 0 Å². The molecule has 0 aliphatic heterocycles. The van der Waals surface area contributed by atoms with Crippen LogP contribution in [0.2, 0.25) is 0 Å². The highest BCUT2D eigenvalue weighted by molar-refractivity contribution is 8.92. The van der Waals surface area contributed by atoms with Crippen LogP contribution < -0.4 is 0 Å². The number of rotatable bonds is 5. The minimum absolute atomic E-state index is 0.555. The van der Waals surface area contributed by atoms with Crippen molar-refractivity contribution in [3.05, 3.63) is 0 Å². The van der Waals surface area contributed by atoms with Crippen LogP contribution in [0.4, 0.5) is 4.79 Å². The Kier molecular flexibility index (Phi) is 6.04. The lowest BCUT2D eigenvalue weighted by Crippen LogP contribution is -1.94. The van der Waals surface area contributed by atoms with E-state index in [1.54, 1.807) is 0 Å². The van der Waals surface area contributed by atoms with Crippen LogP contribution in [-0.4, -0.2) is 27.0 Å². The van der Waals surface area contributed by atoms with Gasteiger partial charge in [0.25, 0.3) is 0 Å². The zero-order chi connectivity index (χ0) is 9.61. The number of hydrogen-bond donors (Lipinski definition) is 0. The summed E-state index contributed by atoms with van der Waals surface area (Å²) in [5.74, 6) is 0. The second-order valence-electron chi connectivity index (χ2n) is 1.45. The number of ether oxygens (including phenoxy) is 1. The van der Waals surface area contributed by atoms with Gasteiger partial charge in [0, 0.05) is 0 Å². The Morgan fingerprint density at radius 3 is 1.83 bits per heavy atom. The molecule has 0 saturated carbocycles. The summed E-state index contributed by atoms with van der Waals surface area (Å²) in [7, 11) is 3.79. The zero-order valence-electron chi connectivity index (χ0n) is 6.80. The summed E-state index contributed by atoms with van der Waals surface area (Å²) in [5, 5.41) is 0. The normalized spacial score (nSPS) is 11.2. The summed E-state index contributed by atoms with van der Waals surface area (Å²) in [4.78, 5) is 10.9. The molecule has 0 bridgehead atoms. The maximum atomic E-state index is 11.5. The summed E-state index contributed by atoms with van der Waals surface area (Å²) in [6, 6.07) is 0. The van der Waals surface area contributed by atoms with Crippen molar-refractivity contribution in [1.29, 1.82) is 0 Å². The first-order valence-electron chi connectivity index (χ1n) is 2.74. The first-order chi connectivity index (χ1) is 5.60. The van der Waals surface area contributed by atoms with Crippen molar-refractivity contribution in [3.63, 3.8) is 0 Å². The number of carbonyl (C=O) groups is 1.